The third kappa shape index (κ3) is 20.3. The number of rotatable bonds is 16. The Bertz CT molecular complexity index is 408. The Morgan fingerprint density at radius 3 is 1.84 bits per heavy atom. The Balaban J connectivity index is 3.44. The van der Waals surface area contributed by atoms with E-state index in [-0.39, 0.29) is 5.97 Å². The standard InChI is InChI=1S/C22H37NO2/c1-2-3-4-5-6-7-8-9-10-11-12-13-14-15-16-17-18-19-22(24)25-21-20-23/h6-7,9-10,12-13,15-16H,2-5,8,11,14,17-21,23H2,1H3/b7-6+,10-9+,13-12+,16-15-. The molecule has 0 atom stereocenters. The van der Waals surface area contributed by atoms with Crippen molar-refractivity contribution >= 4 is 5.97 Å². The third-order valence-corrected chi connectivity index (χ3v) is 3.59. The Hall–Kier alpha value is -1.61. The van der Waals surface area contributed by atoms with Gasteiger partial charge in [-0.3, -0.25) is 4.79 Å². The van der Waals surface area contributed by atoms with Crippen molar-refractivity contribution in [2.24, 2.45) is 5.73 Å². The number of unbranched alkanes of at least 4 members (excludes halogenated alkanes) is 4. The lowest BCUT2D eigenvalue weighted by Gasteiger charge is -2.00. The quantitative estimate of drug-likeness (QED) is 0.223. The summed E-state index contributed by atoms with van der Waals surface area (Å²) in [5.74, 6) is -0.152. The van der Waals surface area contributed by atoms with Gasteiger partial charge < -0.3 is 10.5 Å². The van der Waals surface area contributed by atoms with Crippen LogP contribution in [0.2, 0.25) is 0 Å². The Labute approximate surface area is 154 Å². The molecule has 25 heavy (non-hydrogen) atoms. The average Bonchev–Trinajstić information content (AvgIpc) is 2.62. The summed E-state index contributed by atoms with van der Waals surface area (Å²) in [6.07, 6.45) is 27.9. The zero-order chi connectivity index (χ0) is 18.4. The molecular weight excluding hydrogens is 310 g/mol. The fourth-order valence-corrected chi connectivity index (χ4v) is 2.17. The van der Waals surface area contributed by atoms with E-state index in [4.69, 9.17) is 10.5 Å². The van der Waals surface area contributed by atoms with E-state index in [0.717, 1.165) is 32.1 Å². The van der Waals surface area contributed by atoms with Crippen LogP contribution < -0.4 is 5.73 Å². The highest BCUT2D eigenvalue weighted by Crippen LogP contribution is 2.02. The van der Waals surface area contributed by atoms with E-state index in [1.54, 1.807) is 0 Å². The second-order valence-corrected chi connectivity index (χ2v) is 5.99. The van der Waals surface area contributed by atoms with E-state index in [2.05, 4.69) is 55.5 Å². The lowest BCUT2D eigenvalue weighted by atomic mass is 10.2. The number of allylic oxidation sites excluding steroid dienone is 8. The SMILES string of the molecule is CCCCC/C=C/C/C=C/C/C=C/C/C=C\CCCC(=O)OCCN. The maximum Gasteiger partial charge on any atom is 0.305 e. The van der Waals surface area contributed by atoms with Gasteiger partial charge >= 0.3 is 5.97 Å². The summed E-state index contributed by atoms with van der Waals surface area (Å²) >= 11 is 0. The molecule has 0 saturated carbocycles. The molecule has 0 aromatic heterocycles. The van der Waals surface area contributed by atoms with E-state index in [1.165, 1.54) is 25.7 Å². The number of carbonyl (C=O) groups is 1. The van der Waals surface area contributed by atoms with Crippen molar-refractivity contribution in [2.45, 2.75) is 71.1 Å². The summed E-state index contributed by atoms with van der Waals surface area (Å²) in [5, 5.41) is 0. The Morgan fingerprint density at radius 2 is 1.32 bits per heavy atom. The summed E-state index contributed by atoms with van der Waals surface area (Å²) in [6, 6.07) is 0. The van der Waals surface area contributed by atoms with Crippen LogP contribution in [0.25, 0.3) is 0 Å². The van der Waals surface area contributed by atoms with Gasteiger partial charge in [-0.05, 0) is 44.9 Å². The average molecular weight is 348 g/mol. The van der Waals surface area contributed by atoms with E-state index in [0.29, 0.717) is 19.6 Å². The highest BCUT2D eigenvalue weighted by atomic mass is 16.5. The van der Waals surface area contributed by atoms with Crippen LogP contribution in [-0.2, 0) is 9.53 Å². The van der Waals surface area contributed by atoms with Gasteiger partial charge in [0, 0.05) is 13.0 Å². The molecule has 2 N–H and O–H groups in total. The van der Waals surface area contributed by atoms with Crippen molar-refractivity contribution in [3.63, 3.8) is 0 Å². The summed E-state index contributed by atoms with van der Waals surface area (Å²) in [7, 11) is 0. The molecule has 142 valence electrons. The van der Waals surface area contributed by atoms with Crippen LogP contribution in [-0.4, -0.2) is 19.1 Å². The first-order chi connectivity index (χ1) is 12.3. The van der Waals surface area contributed by atoms with Crippen molar-refractivity contribution in [2.75, 3.05) is 13.2 Å². The second kappa shape index (κ2) is 20.4. The predicted octanol–water partition coefficient (Wildman–Crippen LogP) is 5.63. The summed E-state index contributed by atoms with van der Waals surface area (Å²) in [4.78, 5) is 11.2. The van der Waals surface area contributed by atoms with Crippen LogP contribution in [0.1, 0.15) is 71.1 Å². The summed E-state index contributed by atoms with van der Waals surface area (Å²) in [5.41, 5.74) is 5.27. The fraction of sp³-hybridized carbons (Fsp3) is 0.591. The second-order valence-electron chi connectivity index (χ2n) is 5.99. The van der Waals surface area contributed by atoms with Gasteiger partial charge in [-0.2, -0.15) is 0 Å². The lowest BCUT2D eigenvalue weighted by Crippen LogP contribution is -2.13. The molecular formula is C22H37NO2. The van der Waals surface area contributed by atoms with Gasteiger partial charge in [0.15, 0.2) is 0 Å². The molecule has 0 aromatic carbocycles. The van der Waals surface area contributed by atoms with Crippen molar-refractivity contribution in [3.8, 4) is 0 Å². The highest BCUT2D eigenvalue weighted by Gasteiger charge is 1.99. The molecule has 0 aliphatic heterocycles. The van der Waals surface area contributed by atoms with Crippen LogP contribution in [0, 0.1) is 0 Å². The van der Waals surface area contributed by atoms with Crippen molar-refractivity contribution in [3.05, 3.63) is 48.6 Å². The zero-order valence-electron chi connectivity index (χ0n) is 16.0. The van der Waals surface area contributed by atoms with Gasteiger partial charge in [-0.1, -0.05) is 68.4 Å². The van der Waals surface area contributed by atoms with E-state index >= 15 is 0 Å². The van der Waals surface area contributed by atoms with Crippen molar-refractivity contribution in [1.29, 1.82) is 0 Å². The van der Waals surface area contributed by atoms with Gasteiger partial charge in [-0.25, -0.2) is 0 Å². The van der Waals surface area contributed by atoms with E-state index in [1.807, 2.05) is 0 Å². The third-order valence-electron chi connectivity index (χ3n) is 3.59. The molecule has 0 heterocycles. The van der Waals surface area contributed by atoms with Gasteiger partial charge in [0.25, 0.3) is 0 Å². The normalized spacial score (nSPS) is 12.2. The lowest BCUT2D eigenvalue weighted by molar-refractivity contribution is -0.143. The molecule has 3 nitrogen and oxygen atoms in total. The Morgan fingerprint density at radius 1 is 0.800 bits per heavy atom. The van der Waals surface area contributed by atoms with Gasteiger partial charge in [0.05, 0.1) is 0 Å². The molecule has 0 rings (SSSR count). The first kappa shape index (κ1) is 23.4. The first-order valence-electron chi connectivity index (χ1n) is 9.77. The molecule has 0 amide bonds. The zero-order valence-corrected chi connectivity index (χ0v) is 16.0. The molecule has 3 heteroatoms. The highest BCUT2D eigenvalue weighted by molar-refractivity contribution is 5.69. The molecule has 0 unspecified atom stereocenters. The minimum Gasteiger partial charge on any atom is -0.464 e. The number of esters is 1. The topological polar surface area (TPSA) is 52.3 Å². The first-order valence-corrected chi connectivity index (χ1v) is 9.77. The molecule has 0 radical (unpaired) electrons. The van der Waals surface area contributed by atoms with E-state index in [9.17, 15) is 4.79 Å². The van der Waals surface area contributed by atoms with Gasteiger partial charge in [-0.15, -0.1) is 0 Å². The minimum absolute atomic E-state index is 0.152. The number of hydrogen-bond acceptors (Lipinski definition) is 3. The Kier molecular flexibility index (Phi) is 19.1. The van der Waals surface area contributed by atoms with Crippen LogP contribution >= 0.6 is 0 Å². The van der Waals surface area contributed by atoms with Crippen molar-refractivity contribution < 1.29 is 9.53 Å². The van der Waals surface area contributed by atoms with Gasteiger partial charge in [0.1, 0.15) is 6.61 Å². The number of carbonyl (C=O) groups excluding carboxylic acids is 1. The molecule has 0 saturated heterocycles. The summed E-state index contributed by atoms with van der Waals surface area (Å²) in [6.45, 7) is 2.95. The minimum atomic E-state index is -0.152. The molecule has 0 aromatic rings. The fourth-order valence-electron chi connectivity index (χ4n) is 2.17. The molecule has 0 aliphatic carbocycles. The van der Waals surface area contributed by atoms with Crippen LogP contribution in [0.15, 0.2) is 48.6 Å². The van der Waals surface area contributed by atoms with E-state index < -0.39 is 0 Å². The summed E-state index contributed by atoms with van der Waals surface area (Å²) < 4.78 is 4.91. The predicted molar refractivity (Wildman–Crippen MR) is 108 cm³/mol. The number of ether oxygens (including phenoxy) is 1. The van der Waals surface area contributed by atoms with Crippen LogP contribution in [0.5, 0.6) is 0 Å². The van der Waals surface area contributed by atoms with Gasteiger partial charge in [0.2, 0.25) is 0 Å². The number of nitrogens with two attached hydrogens (primary N) is 1. The van der Waals surface area contributed by atoms with Crippen LogP contribution in [0.3, 0.4) is 0 Å². The van der Waals surface area contributed by atoms with Crippen molar-refractivity contribution in [1.82, 2.24) is 0 Å². The maximum absolute atomic E-state index is 11.2. The molecule has 0 aliphatic rings. The smallest absolute Gasteiger partial charge is 0.305 e. The monoisotopic (exact) mass is 347 g/mol. The molecule has 0 fully saturated rings. The maximum atomic E-state index is 11.2. The molecule has 0 bridgehead atoms. The largest absolute Gasteiger partial charge is 0.464 e. The van der Waals surface area contributed by atoms with Crippen LogP contribution in [0.4, 0.5) is 0 Å². The molecule has 0 spiro atoms. The number of hydrogen-bond donors (Lipinski definition) is 1.